The van der Waals surface area contributed by atoms with Crippen molar-refractivity contribution in [3.05, 3.63) is 41.3 Å². The summed E-state index contributed by atoms with van der Waals surface area (Å²) in [5, 5.41) is 0. The molecule has 2 aromatic rings. The number of nitrogens with one attached hydrogen (secondary N) is 1. The highest BCUT2D eigenvalue weighted by atomic mass is 32.2. The van der Waals surface area contributed by atoms with Gasteiger partial charge in [0.2, 0.25) is 10.0 Å². The Bertz CT molecular complexity index is 943. The second kappa shape index (κ2) is 6.05. The molecule has 0 radical (unpaired) electrons. The highest BCUT2D eigenvalue weighted by molar-refractivity contribution is 7.94. The van der Waals surface area contributed by atoms with Gasteiger partial charge in [0, 0.05) is 16.6 Å². The van der Waals surface area contributed by atoms with Crippen LogP contribution in [-0.2, 0) is 20.0 Å². The topological polar surface area (TPSA) is 83.6 Å². The van der Waals surface area contributed by atoms with E-state index in [0.29, 0.717) is 11.4 Å². The van der Waals surface area contributed by atoms with Crippen molar-refractivity contribution in [1.82, 2.24) is 0 Å². The average molecular weight is 387 g/mol. The molecule has 0 aliphatic heterocycles. The zero-order chi connectivity index (χ0) is 17.5. The molecule has 0 bridgehead atoms. The molecule has 1 aliphatic rings. The van der Waals surface area contributed by atoms with E-state index in [4.69, 9.17) is 0 Å². The lowest BCUT2D eigenvalue weighted by Gasteiger charge is -2.22. The molecule has 1 saturated carbocycles. The molecule has 130 valence electrons. The Kier molecular flexibility index (Phi) is 4.35. The SMILES string of the molecule is Cc1ccc(S(=O)(=O)Nc2ccc(N(C3CC3)S(C)(=O)=O)cc2)s1. The second-order valence-electron chi connectivity index (χ2n) is 5.81. The van der Waals surface area contributed by atoms with Crippen LogP contribution in [0.15, 0.2) is 40.6 Å². The largest absolute Gasteiger partial charge is 0.279 e. The number of rotatable bonds is 6. The molecule has 24 heavy (non-hydrogen) atoms. The van der Waals surface area contributed by atoms with E-state index in [0.717, 1.165) is 17.7 Å². The molecule has 1 aromatic heterocycles. The summed E-state index contributed by atoms with van der Waals surface area (Å²) in [7, 11) is -6.97. The first-order valence-electron chi connectivity index (χ1n) is 7.35. The lowest BCUT2D eigenvalue weighted by atomic mass is 10.3. The van der Waals surface area contributed by atoms with Crippen molar-refractivity contribution >= 4 is 42.8 Å². The summed E-state index contributed by atoms with van der Waals surface area (Å²) in [6.07, 6.45) is 2.87. The number of sulfonamides is 2. The first kappa shape index (κ1) is 17.2. The highest BCUT2D eigenvalue weighted by Gasteiger charge is 2.35. The monoisotopic (exact) mass is 386 g/mol. The second-order valence-corrected chi connectivity index (χ2v) is 10.9. The lowest BCUT2D eigenvalue weighted by molar-refractivity contribution is 0.595. The normalized spacial score (nSPS) is 15.2. The third-order valence-electron chi connectivity index (χ3n) is 3.59. The Labute approximate surface area is 146 Å². The molecule has 6 nitrogen and oxygen atoms in total. The van der Waals surface area contributed by atoms with Gasteiger partial charge in [-0.1, -0.05) is 0 Å². The maximum Gasteiger partial charge on any atom is 0.271 e. The van der Waals surface area contributed by atoms with E-state index in [2.05, 4.69) is 4.72 Å². The molecule has 1 aromatic carbocycles. The van der Waals surface area contributed by atoms with E-state index in [-0.39, 0.29) is 10.3 Å². The fraction of sp³-hybridized carbons (Fsp3) is 0.333. The molecule has 0 saturated heterocycles. The summed E-state index contributed by atoms with van der Waals surface area (Å²) in [5.41, 5.74) is 0.948. The number of nitrogens with zero attached hydrogens (tertiary/aromatic N) is 1. The molecule has 0 spiro atoms. The Morgan fingerprint density at radius 2 is 1.67 bits per heavy atom. The van der Waals surface area contributed by atoms with Gasteiger partial charge < -0.3 is 0 Å². The van der Waals surface area contributed by atoms with Gasteiger partial charge in [-0.3, -0.25) is 9.03 Å². The lowest BCUT2D eigenvalue weighted by Crippen LogP contribution is -2.31. The maximum atomic E-state index is 12.3. The molecule has 9 heteroatoms. The van der Waals surface area contributed by atoms with Crippen molar-refractivity contribution in [2.75, 3.05) is 15.3 Å². The van der Waals surface area contributed by atoms with Crippen LogP contribution in [0.1, 0.15) is 17.7 Å². The molecule has 3 rings (SSSR count). The molecular weight excluding hydrogens is 368 g/mol. The Morgan fingerprint density at radius 3 is 2.12 bits per heavy atom. The van der Waals surface area contributed by atoms with E-state index < -0.39 is 20.0 Å². The fourth-order valence-electron chi connectivity index (χ4n) is 2.42. The van der Waals surface area contributed by atoms with Crippen LogP contribution in [0.4, 0.5) is 11.4 Å². The van der Waals surface area contributed by atoms with E-state index in [1.54, 1.807) is 36.4 Å². The van der Waals surface area contributed by atoms with E-state index in [1.807, 2.05) is 6.92 Å². The zero-order valence-electron chi connectivity index (χ0n) is 13.3. The molecule has 1 aliphatic carbocycles. The smallest absolute Gasteiger partial charge is 0.271 e. The summed E-state index contributed by atoms with van der Waals surface area (Å²) in [5.74, 6) is 0. The van der Waals surface area contributed by atoms with E-state index in [9.17, 15) is 16.8 Å². The Balaban J connectivity index is 1.82. The predicted molar refractivity (Wildman–Crippen MR) is 96.7 cm³/mol. The number of benzene rings is 1. The third kappa shape index (κ3) is 3.73. The van der Waals surface area contributed by atoms with Crippen LogP contribution in [0.5, 0.6) is 0 Å². The van der Waals surface area contributed by atoms with Gasteiger partial charge in [-0.2, -0.15) is 0 Å². The van der Waals surface area contributed by atoms with Gasteiger partial charge in [0.05, 0.1) is 11.9 Å². The van der Waals surface area contributed by atoms with E-state index >= 15 is 0 Å². The van der Waals surface area contributed by atoms with Gasteiger partial charge in [0.15, 0.2) is 0 Å². The molecule has 1 fully saturated rings. The van der Waals surface area contributed by atoms with Crippen LogP contribution < -0.4 is 9.03 Å². The molecule has 1 N–H and O–H groups in total. The van der Waals surface area contributed by atoms with Gasteiger partial charge >= 0.3 is 0 Å². The van der Waals surface area contributed by atoms with Crippen LogP contribution in [-0.4, -0.2) is 29.1 Å². The van der Waals surface area contributed by atoms with Crippen LogP contribution in [0.3, 0.4) is 0 Å². The van der Waals surface area contributed by atoms with Crippen molar-refractivity contribution in [2.45, 2.75) is 30.0 Å². The Morgan fingerprint density at radius 1 is 1.04 bits per heavy atom. The quantitative estimate of drug-likeness (QED) is 0.827. The fourth-order valence-corrected chi connectivity index (χ4v) is 6.02. The first-order valence-corrected chi connectivity index (χ1v) is 11.5. The number of hydrogen-bond acceptors (Lipinski definition) is 5. The number of thiophene rings is 1. The van der Waals surface area contributed by atoms with Gasteiger partial charge in [-0.05, 0) is 56.2 Å². The third-order valence-corrected chi connectivity index (χ3v) is 7.69. The van der Waals surface area contributed by atoms with Crippen LogP contribution in [0.25, 0.3) is 0 Å². The van der Waals surface area contributed by atoms with Crippen molar-refractivity contribution in [3.63, 3.8) is 0 Å². The van der Waals surface area contributed by atoms with Crippen LogP contribution in [0.2, 0.25) is 0 Å². The van der Waals surface area contributed by atoms with Crippen molar-refractivity contribution in [2.24, 2.45) is 0 Å². The summed E-state index contributed by atoms with van der Waals surface area (Å²) in [6.45, 7) is 1.84. The molecule has 0 atom stereocenters. The molecular formula is C15H18N2O4S3. The number of anilines is 2. The van der Waals surface area contributed by atoms with Gasteiger partial charge in [-0.15, -0.1) is 11.3 Å². The standard InChI is InChI=1S/C15H18N2O4S3/c1-11-3-10-15(22-11)24(20,21)16-12-4-6-13(7-5-12)17(14-8-9-14)23(2,18)19/h3-7,10,14,16H,8-9H2,1-2H3. The minimum atomic E-state index is -3.62. The predicted octanol–water partition coefficient (Wildman–Crippen LogP) is 2.79. The minimum absolute atomic E-state index is 0.0108. The van der Waals surface area contributed by atoms with E-state index in [1.165, 1.54) is 21.9 Å². The maximum absolute atomic E-state index is 12.3. The van der Waals surface area contributed by atoms with Crippen molar-refractivity contribution in [1.29, 1.82) is 0 Å². The summed E-state index contributed by atoms with van der Waals surface area (Å²) < 4.78 is 52.6. The van der Waals surface area contributed by atoms with Gasteiger partial charge in [0.1, 0.15) is 4.21 Å². The Hall–Kier alpha value is -1.58. The van der Waals surface area contributed by atoms with Gasteiger partial charge in [-0.25, -0.2) is 16.8 Å². The van der Waals surface area contributed by atoms with Crippen molar-refractivity contribution in [3.8, 4) is 0 Å². The highest BCUT2D eigenvalue weighted by Crippen LogP contribution is 2.34. The minimum Gasteiger partial charge on any atom is -0.279 e. The average Bonchev–Trinajstić information content (AvgIpc) is 3.18. The summed E-state index contributed by atoms with van der Waals surface area (Å²) in [4.78, 5) is 0.916. The zero-order valence-corrected chi connectivity index (χ0v) is 15.7. The van der Waals surface area contributed by atoms with Crippen molar-refractivity contribution < 1.29 is 16.8 Å². The summed E-state index contributed by atoms with van der Waals surface area (Å²) >= 11 is 1.20. The van der Waals surface area contributed by atoms with Gasteiger partial charge in [0.25, 0.3) is 10.0 Å². The number of hydrogen-bond donors (Lipinski definition) is 1. The van der Waals surface area contributed by atoms with Crippen LogP contribution in [0, 0.1) is 6.92 Å². The number of aryl methyl sites for hydroxylation is 1. The summed E-state index contributed by atoms with van der Waals surface area (Å²) in [6, 6.07) is 9.73. The molecule has 0 amide bonds. The van der Waals surface area contributed by atoms with Crippen LogP contribution >= 0.6 is 11.3 Å². The first-order chi connectivity index (χ1) is 11.2. The molecule has 0 unspecified atom stereocenters. The molecule has 1 heterocycles.